The lowest BCUT2D eigenvalue weighted by Gasteiger charge is -2.26. The highest BCUT2D eigenvalue weighted by molar-refractivity contribution is 7.89. The molecule has 0 radical (unpaired) electrons. The third kappa shape index (κ3) is 4.63. The largest absolute Gasteiger partial charge is 0.322 e. The summed E-state index contributed by atoms with van der Waals surface area (Å²) in [6.45, 7) is 3.77. The smallest absolute Gasteiger partial charge is 0.241 e. The monoisotopic (exact) mass is 380 g/mol. The van der Waals surface area contributed by atoms with Crippen LogP contribution in [0.5, 0.6) is 0 Å². The van der Waals surface area contributed by atoms with Crippen molar-refractivity contribution in [2.24, 2.45) is 5.73 Å². The van der Waals surface area contributed by atoms with Crippen LogP contribution < -0.4 is 10.5 Å². The maximum absolute atomic E-state index is 13.1. The summed E-state index contributed by atoms with van der Waals surface area (Å²) in [4.78, 5) is 0.251. The van der Waals surface area contributed by atoms with E-state index in [1.807, 2.05) is 80.6 Å². The van der Waals surface area contributed by atoms with Crippen LogP contribution in [-0.2, 0) is 10.0 Å². The average molecular weight is 381 g/mol. The van der Waals surface area contributed by atoms with Crippen molar-refractivity contribution in [3.63, 3.8) is 0 Å². The summed E-state index contributed by atoms with van der Waals surface area (Å²) < 4.78 is 29.0. The fourth-order valence-electron chi connectivity index (χ4n) is 3.20. The van der Waals surface area contributed by atoms with Crippen LogP contribution in [0, 0.1) is 13.8 Å². The molecule has 0 bridgehead atoms. The number of rotatable bonds is 6. The standard InChI is InChI=1S/C22H24N2O2S/c1-16-13-17(2)15-20(14-16)27(25,26)24-22(19-11-7-4-8-12-19)21(23)18-9-5-3-6-10-18/h3-15,21-22,24H,23H2,1-2H3/t21-,22-/m0/s1. The lowest BCUT2D eigenvalue weighted by atomic mass is 9.95. The molecular weight excluding hydrogens is 356 g/mol. The Morgan fingerprint density at radius 3 is 1.78 bits per heavy atom. The first-order valence-corrected chi connectivity index (χ1v) is 10.3. The molecule has 0 aromatic heterocycles. The zero-order chi connectivity index (χ0) is 19.4. The first kappa shape index (κ1) is 19.3. The van der Waals surface area contributed by atoms with Crippen LogP contribution in [0.4, 0.5) is 0 Å². The van der Waals surface area contributed by atoms with Gasteiger partial charge in [-0.1, -0.05) is 66.7 Å². The fraction of sp³-hybridized carbons (Fsp3) is 0.182. The Morgan fingerprint density at radius 1 is 0.778 bits per heavy atom. The van der Waals surface area contributed by atoms with Gasteiger partial charge >= 0.3 is 0 Å². The van der Waals surface area contributed by atoms with Gasteiger partial charge in [-0.15, -0.1) is 0 Å². The molecule has 140 valence electrons. The van der Waals surface area contributed by atoms with Crippen LogP contribution in [0.15, 0.2) is 83.8 Å². The van der Waals surface area contributed by atoms with Gasteiger partial charge in [-0.05, 0) is 48.2 Å². The van der Waals surface area contributed by atoms with Crippen LogP contribution in [0.1, 0.15) is 34.3 Å². The number of hydrogen-bond donors (Lipinski definition) is 2. The van der Waals surface area contributed by atoms with Gasteiger partial charge in [-0.2, -0.15) is 0 Å². The second-order valence-electron chi connectivity index (χ2n) is 6.77. The second-order valence-corrected chi connectivity index (χ2v) is 8.48. The quantitative estimate of drug-likeness (QED) is 0.678. The minimum absolute atomic E-state index is 0.251. The van der Waals surface area contributed by atoms with Crippen molar-refractivity contribution in [2.45, 2.75) is 30.8 Å². The van der Waals surface area contributed by atoms with Gasteiger partial charge in [0.05, 0.1) is 17.0 Å². The molecule has 27 heavy (non-hydrogen) atoms. The van der Waals surface area contributed by atoms with Gasteiger partial charge in [0.15, 0.2) is 0 Å². The predicted molar refractivity (Wildman–Crippen MR) is 109 cm³/mol. The minimum atomic E-state index is -3.74. The molecule has 2 atom stereocenters. The summed E-state index contributed by atoms with van der Waals surface area (Å²) in [5.74, 6) is 0. The van der Waals surface area contributed by atoms with E-state index in [1.165, 1.54) is 0 Å². The van der Waals surface area contributed by atoms with Gasteiger partial charge < -0.3 is 5.73 Å². The third-order valence-electron chi connectivity index (χ3n) is 4.49. The van der Waals surface area contributed by atoms with Crippen LogP contribution in [0.25, 0.3) is 0 Å². The highest BCUT2D eigenvalue weighted by Gasteiger charge is 2.27. The van der Waals surface area contributed by atoms with Gasteiger partial charge in [0, 0.05) is 0 Å². The summed E-state index contributed by atoms with van der Waals surface area (Å²) in [5.41, 5.74) is 9.98. The molecule has 0 saturated heterocycles. The number of nitrogens with two attached hydrogens (primary N) is 1. The molecule has 0 spiro atoms. The van der Waals surface area contributed by atoms with Gasteiger partial charge in [0.1, 0.15) is 0 Å². The first-order valence-electron chi connectivity index (χ1n) is 8.83. The van der Waals surface area contributed by atoms with Gasteiger partial charge in [-0.3, -0.25) is 0 Å². The van der Waals surface area contributed by atoms with E-state index in [9.17, 15) is 8.42 Å². The first-order chi connectivity index (χ1) is 12.9. The SMILES string of the molecule is Cc1cc(C)cc(S(=O)(=O)N[C@@H](c2ccccc2)[C@@H](N)c2ccccc2)c1. The van der Waals surface area contributed by atoms with Crippen molar-refractivity contribution in [3.8, 4) is 0 Å². The lowest BCUT2D eigenvalue weighted by molar-refractivity contribution is 0.504. The number of sulfonamides is 1. The molecule has 0 amide bonds. The molecule has 0 fully saturated rings. The summed E-state index contributed by atoms with van der Waals surface area (Å²) in [6.07, 6.45) is 0. The molecule has 3 aromatic carbocycles. The highest BCUT2D eigenvalue weighted by atomic mass is 32.2. The molecule has 0 aliphatic carbocycles. The Balaban J connectivity index is 2.01. The zero-order valence-electron chi connectivity index (χ0n) is 15.5. The molecule has 3 rings (SSSR count). The third-order valence-corrected chi connectivity index (χ3v) is 5.91. The molecular formula is C22H24N2O2S. The maximum Gasteiger partial charge on any atom is 0.241 e. The highest BCUT2D eigenvalue weighted by Crippen LogP contribution is 2.29. The Morgan fingerprint density at radius 2 is 1.26 bits per heavy atom. The zero-order valence-corrected chi connectivity index (χ0v) is 16.3. The van der Waals surface area contributed by atoms with E-state index in [1.54, 1.807) is 12.1 Å². The van der Waals surface area contributed by atoms with Crippen molar-refractivity contribution < 1.29 is 8.42 Å². The minimum Gasteiger partial charge on any atom is -0.322 e. The lowest BCUT2D eigenvalue weighted by Crippen LogP contribution is -2.36. The average Bonchev–Trinajstić information content (AvgIpc) is 2.66. The Bertz CT molecular complexity index is 983. The van der Waals surface area contributed by atoms with Crippen molar-refractivity contribution in [1.82, 2.24) is 4.72 Å². The predicted octanol–water partition coefficient (Wildman–Crippen LogP) is 4.02. The molecule has 0 heterocycles. The van der Waals surface area contributed by atoms with E-state index < -0.39 is 22.1 Å². The van der Waals surface area contributed by atoms with Crippen molar-refractivity contribution in [1.29, 1.82) is 0 Å². The van der Waals surface area contributed by atoms with Crippen molar-refractivity contribution >= 4 is 10.0 Å². The number of nitrogens with one attached hydrogen (secondary N) is 1. The van der Waals surface area contributed by atoms with E-state index in [0.717, 1.165) is 22.3 Å². The van der Waals surface area contributed by atoms with Gasteiger partial charge in [0.2, 0.25) is 10.0 Å². The molecule has 4 nitrogen and oxygen atoms in total. The normalized spacial score (nSPS) is 13.9. The van der Waals surface area contributed by atoms with Crippen LogP contribution in [0.2, 0.25) is 0 Å². The summed E-state index contributed by atoms with van der Waals surface area (Å²) in [5, 5.41) is 0. The number of benzene rings is 3. The van der Waals surface area contributed by atoms with Gasteiger partial charge in [-0.25, -0.2) is 13.1 Å². The summed E-state index contributed by atoms with van der Waals surface area (Å²) in [6, 6.07) is 23.1. The van der Waals surface area contributed by atoms with E-state index in [2.05, 4.69) is 4.72 Å². The Labute approximate surface area is 161 Å². The second kappa shape index (κ2) is 8.05. The van der Waals surface area contributed by atoms with Crippen molar-refractivity contribution in [2.75, 3.05) is 0 Å². The van der Waals surface area contributed by atoms with Crippen molar-refractivity contribution in [3.05, 3.63) is 101 Å². The number of hydrogen-bond acceptors (Lipinski definition) is 3. The molecule has 0 aliphatic heterocycles. The Hall–Kier alpha value is -2.47. The Kier molecular flexibility index (Phi) is 5.75. The molecule has 0 unspecified atom stereocenters. The summed E-state index contributed by atoms with van der Waals surface area (Å²) in [7, 11) is -3.74. The van der Waals surface area contributed by atoms with Gasteiger partial charge in [0.25, 0.3) is 0 Å². The molecule has 0 saturated carbocycles. The van der Waals surface area contributed by atoms with E-state index >= 15 is 0 Å². The van der Waals surface area contributed by atoms with E-state index in [0.29, 0.717) is 0 Å². The van der Waals surface area contributed by atoms with Crippen LogP contribution >= 0.6 is 0 Å². The summed E-state index contributed by atoms with van der Waals surface area (Å²) >= 11 is 0. The van der Waals surface area contributed by atoms with Crippen LogP contribution in [0.3, 0.4) is 0 Å². The topological polar surface area (TPSA) is 72.2 Å². The van der Waals surface area contributed by atoms with Crippen LogP contribution in [-0.4, -0.2) is 8.42 Å². The molecule has 5 heteroatoms. The molecule has 3 N–H and O–H groups in total. The molecule has 3 aromatic rings. The molecule has 0 aliphatic rings. The number of aryl methyl sites for hydroxylation is 2. The van der Waals surface area contributed by atoms with E-state index in [4.69, 9.17) is 5.73 Å². The maximum atomic E-state index is 13.1. The fourth-order valence-corrected chi connectivity index (χ4v) is 4.64. The van der Waals surface area contributed by atoms with E-state index in [-0.39, 0.29) is 4.90 Å².